The predicted octanol–water partition coefficient (Wildman–Crippen LogP) is 0.782. The highest BCUT2D eigenvalue weighted by Gasteiger charge is 2.30. The molecule has 0 saturated heterocycles. The quantitative estimate of drug-likeness (QED) is 0.569. The second-order valence-electron chi connectivity index (χ2n) is 5.46. The van der Waals surface area contributed by atoms with Crippen LogP contribution in [0.4, 0.5) is 0 Å². The van der Waals surface area contributed by atoms with Crippen LogP contribution in [-0.4, -0.2) is 66.1 Å². The molecule has 0 amide bonds. The molecule has 0 atom stereocenters. The Morgan fingerprint density at radius 2 is 1.54 bits per heavy atom. The Morgan fingerprint density at radius 1 is 0.958 bits per heavy atom. The highest BCUT2D eigenvalue weighted by Crippen LogP contribution is 2.27. The molecular weight excluding hydrogens is 332 g/mol. The van der Waals surface area contributed by atoms with Crippen molar-refractivity contribution in [3.8, 4) is 0 Å². The lowest BCUT2D eigenvalue weighted by atomic mass is 9.92. The van der Waals surface area contributed by atoms with E-state index in [1.165, 1.54) is 0 Å². The van der Waals surface area contributed by atoms with E-state index in [4.69, 9.17) is 21.8 Å². The van der Waals surface area contributed by atoms with Crippen LogP contribution >= 0.6 is 11.6 Å². The molecule has 3 N–H and O–H groups in total. The zero-order valence-corrected chi connectivity index (χ0v) is 14.1. The van der Waals surface area contributed by atoms with Gasteiger partial charge in [-0.3, -0.25) is 14.5 Å². The number of aliphatic hydroxyl groups excluding tert-OH is 2. The third kappa shape index (κ3) is 4.21. The fraction of sp³-hybridized carbons (Fsp3) is 0.412. The average Bonchev–Trinajstić information content (AvgIpc) is 2.59. The Hall–Kier alpha value is -1.73. The number of Topliss-reactive ketones (excluding diaryl/α,β-unsaturated/α-hetero) is 2. The van der Waals surface area contributed by atoms with Crippen molar-refractivity contribution in [1.82, 2.24) is 10.2 Å². The number of hydrogen-bond acceptors (Lipinski definition) is 6. The van der Waals surface area contributed by atoms with Crippen molar-refractivity contribution in [3.63, 3.8) is 0 Å². The first kappa shape index (κ1) is 18.6. The second-order valence-corrected chi connectivity index (χ2v) is 5.84. The van der Waals surface area contributed by atoms with Crippen molar-refractivity contribution in [2.24, 2.45) is 0 Å². The van der Waals surface area contributed by atoms with Crippen molar-refractivity contribution < 1.29 is 19.8 Å². The fourth-order valence-electron chi connectivity index (χ4n) is 2.64. The van der Waals surface area contributed by atoms with Crippen LogP contribution < -0.4 is 5.32 Å². The standard InChI is InChI=1S/C17H21ClN2O4/c18-14-15(19-6-3-7-20(8-10-21)9-11-22)17(24)13-5-2-1-4-12(13)16(14)23/h1-2,4-5,19,21-22H,3,6-11H2. The summed E-state index contributed by atoms with van der Waals surface area (Å²) in [6.07, 6.45) is 0.677. The van der Waals surface area contributed by atoms with Gasteiger partial charge in [-0.2, -0.15) is 0 Å². The maximum Gasteiger partial charge on any atom is 0.211 e. The largest absolute Gasteiger partial charge is 0.395 e. The van der Waals surface area contributed by atoms with Gasteiger partial charge >= 0.3 is 0 Å². The SMILES string of the molecule is O=C1C(Cl)=C(NCCCN(CCO)CCO)C(=O)c2ccccc21. The molecular formula is C17H21ClN2O4. The lowest BCUT2D eigenvalue weighted by Crippen LogP contribution is -2.34. The van der Waals surface area contributed by atoms with E-state index in [2.05, 4.69) is 5.32 Å². The maximum absolute atomic E-state index is 12.5. The number of nitrogens with one attached hydrogen (secondary N) is 1. The molecule has 0 aliphatic heterocycles. The highest BCUT2D eigenvalue weighted by atomic mass is 35.5. The van der Waals surface area contributed by atoms with Gasteiger partial charge in [0.2, 0.25) is 11.6 Å². The molecule has 1 aromatic carbocycles. The molecule has 0 unspecified atom stereocenters. The van der Waals surface area contributed by atoms with Crippen molar-refractivity contribution in [2.45, 2.75) is 6.42 Å². The van der Waals surface area contributed by atoms with Crippen molar-refractivity contribution >= 4 is 23.2 Å². The van der Waals surface area contributed by atoms with E-state index in [-0.39, 0.29) is 35.5 Å². The highest BCUT2D eigenvalue weighted by molar-refractivity contribution is 6.49. The topological polar surface area (TPSA) is 89.9 Å². The minimum Gasteiger partial charge on any atom is -0.395 e. The summed E-state index contributed by atoms with van der Waals surface area (Å²) in [7, 11) is 0. The average molecular weight is 353 g/mol. The first-order valence-corrected chi connectivity index (χ1v) is 8.24. The Bertz CT molecular complexity index is 639. The van der Waals surface area contributed by atoms with Crippen LogP contribution in [0.1, 0.15) is 27.1 Å². The van der Waals surface area contributed by atoms with Crippen LogP contribution in [0.15, 0.2) is 35.0 Å². The van der Waals surface area contributed by atoms with Gasteiger partial charge in [0.25, 0.3) is 0 Å². The molecule has 24 heavy (non-hydrogen) atoms. The van der Waals surface area contributed by atoms with E-state index < -0.39 is 0 Å². The van der Waals surface area contributed by atoms with Crippen LogP contribution in [0.3, 0.4) is 0 Å². The van der Waals surface area contributed by atoms with Crippen LogP contribution in [-0.2, 0) is 0 Å². The second kappa shape index (κ2) is 8.94. The van der Waals surface area contributed by atoms with Crippen molar-refractivity contribution in [2.75, 3.05) is 39.4 Å². The lowest BCUT2D eigenvalue weighted by Gasteiger charge is -2.21. The molecule has 0 aromatic heterocycles. The molecule has 6 nitrogen and oxygen atoms in total. The summed E-state index contributed by atoms with van der Waals surface area (Å²) in [6, 6.07) is 6.62. The van der Waals surface area contributed by atoms with Gasteiger partial charge in [0.15, 0.2) is 0 Å². The van der Waals surface area contributed by atoms with E-state index in [0.29, 0.717) is 43.7 Å². The molecule has 0 spiro atoms. The van der Waals surface area contributed by atoms with Crippen LogP contribution in [0.5, 0.6) is 0 Å². The monoisotopic (exact) mass is 352 g/mol. The number of carbonyl (C=O) groups is 2. The Labute approximate surface area is 145 Å². The number of nitrogens with zero attached hydrogens (tertiary/aromatic N) is 1. The number of carbonyl (C=O) groups excluding carboxylic acids is 2. The summed E-state index contributed by atoms with van der Waals surface area (Å²) in [5.74, 6) is -0.630. The van der Waals surface area contributed by atoms with E-state index in [0.717, 1.165) is 0 Å². The normalized spacial score (nSPS) is 14.3. The number of halogens is 1. The molecule has 0 bridgehead atoms. The summed E-state index contributed by atoms with van der Waals surface area (Å²) in [5, 5.41) is 20.8. The molecule has 1 aliphatic rings. The summed E-state index contributed by atoms with van der Waals surface area (Å²) >= 11 is 6.07. The molecule has 1 aliphatic carbocycles. The summed E-state index contributed by atoms with van der Waals surface area (Å²) in [4.78, 5) is 26.6. The molecule has 0 heterocycles. The van der Waals surface area contributed by atoms with Gasteiger partial charge < -0.3 is 15.5 Å². The summed E-state index contributed by atoms with van der Waals surface area (Å²) < 4.78 is 0. The third-order valence-corrected chi connectivity index (χ3v) is 4.21. The minimum absolute atomic E-state index is 0.0220. The smallest absolute Gasteiger partial charge is 0.211 e. The molecule has 130 valence electrons. The summed E-state index contributed by atoms with van der Waals surface area (Å²) in [6.45, 7) is 2.11. The number of ketones is 2. The molecule has 0 saturated carbocycles. The van der Waals surface area contributed by atoms with Gasteiger partial charge in [-0.15, -0.1) is 0 Å². The van der Waals surface area contributed by atoms with Gasteiger partial charge in [-0.1, -0.05) is 35.9 Å². The summed E-state index contributed by atoms with van der Waals surface area (Å²) in [5.41, 5.74) is 0.822. The Kier molecular flexibility index (Phi) is 6.93. The number of fused-ring (bicyclic) bond motifs is 1. The number of allylic oxidation sites excluding steroid dienone is 2. The molecule has 0 radical (unpaired) electrons. The fourth-order valence-corrected chi connectivity index (χ4v) is 2.89. The molecule has 1 aromatic rings. The van der Waals surface area contributed by atoms with Crippen LogP contribution in [0.2, 0.25) is 0 Å². The van der Waals surface area contributed by atoms with E-state index in [1.807, 2.05) is 4.90 Å². The van der Waals surface area contributed by atoms with E-state index in [9.17, 15) is 9.59 Å². The van der Waals surface area contributed by atoms with Gasteiger partial charge in [-0.05, 0) is 13.0 Å². The third-order valence-electron chi connectivity index (χ3n) is 3.85. The number of benzene rings is 1. The van der Waals surface area contributed by atoms with Crippen LogP contribution in [0.25, 0.3) is 0 Å². The number of rotatable bonds is 9. The Morgan fingerprint density at radius 3 is 2.12 bits per heavy atom. The van der Waals surface area contributed by atoms with Crippen molar-refractivity contribution in [1.29, 1.82) is 0 Å². The first-order chi connectivity index (χ1) is 11.6. The zero-order chi connectivity index (χ0) is 17.5. The molecule has 2 rings (SSSR count). The lowest BCUT2D eigenvalue weighted by molar-refractivity contribution is 0.0974. The number of hydrogen-bond donors (Lipinski definition) is 3. The van der Waals surface area contributed by atoms with E-state index >= 15 is 0 Å². The molecule has 0 fully saturated rings. The van der Waals surface area contributed by atoms with Gasteiger partial charge in [-0.25, -0.2) is 0 Å². The van der Waals surface area contributed by atoms with Gasteiger partial charge in [0.1, 0.15) is 10.7 Å². The predicted molar refractivity (Wildman–Crippen MR) is 91.2 cm³/mol. The zero-order valence-electron chi connectivity index (χ0n) is 13.3. The Balaban J connectivity index is 1.96. The van der Waals surface area contributed by atoms with E-state index in [1.54, 1.807) is 24.3 Å². The first-order valence-electron chi connectivity index (χ1n) is 7.86. The molecule has 7 heteroatoms. The number of aliphatic hydroxyl groups is 2. The maximum atomic E-state index is 12.5. The van der Waals surface area contributed by atoms with Gasteiger partial charge in [0, 0.05) is 30.8 Å². The van der Waals surface area contributed by atoms with Crippen LogP contribution in [0, 0.1) is 0 Å². The van der Waals surface area contributed by atoms with Crippen molar-refractivity contribution in [3.05, 3.63) is 46.1 Å². The van der Waals surface area contributed by atoms with Gasteiger partial charge in [0.05, 0.1) is 13.2 Å². The minimum atomic E-state index is -0.350.